The fourth-order valence-corrected chi connectivity index (χ4v) is 2.45. The molecule has 1 heterocycles. The third-order valence-electron chi connectivity index (χ3n) is 3.54. The van der Waals surface area contributed by atoms with E-state index in [0.717, 1.165) is 39.2 Å². The number of hydrogen-bond acceptors (Lipinski definition) is 3. The summed E-state index contributed by atoms with van der Waals surface area (Å²) in [4.78, 5) is 0. The summed E-state index contributed by atoms with van der Waals surface area (Å²) in [5.74, 6) is 1.65. The average molecular weight is 267 g/mol. The van der Waals surface area contributed by atoms with Crippen LogP contribution in [0.5, 0.6) is 5.75 Å². The van der Waals surface area contributed by atoms with Crippen LogP contribution < -0.4 is 10.5 Å². The lowest BCUT2D eigenvalue weighted by Gasteiger charge is -2.07. The fourth-order valence-electron chi connectivity index (χ4n) is 2.45. The van der Waals surface area contributed by atoms with E-state index in [1.54, 1.807) is 7.11 Å². The van der Waals surface area contributed by atoms with Crippen molar-refractivity contribution in [3.8, 4) is 17.1 Å². The van der Waals surface area contributed by atoms with Gasteiger partial charge in [0.25, 0.3) is 0 Å². The van der Waals surface area contributed by atoms with E-state index in [9.17, 15) is 0 Å². The number of nitrogens with two attached hydrogens (primary N) is 1. The predicted octanol–water partition coefficient (Wildman–Crippen LogP) is 3.88. The predicted molar refractivity (Wildman–Crippen MR) is 80.8 cm³/mol. The van der Waals surface area contributed by atoms with Crippen molar-refractivity contribution in [1.29, 1.82) is 0 Å². The smallest absolute Gasteiger partial charge is 0.137 e. The lowest BCUT2D eigenvalue weighted by Crippen LogP contribution is -1.99. The Morgan fingerprint density at radius 3 is 2.70 bits per heavy atom. The van der Waals surface area contributed by atoms with Crippen LogP contribution in [0.3, 0.4) is 0 Å². The highest BCUT2D eigenvalue weighted by atomic mass is 16.5. The number of rotatable bonds is 3. The zero-order valence-corrected chi connectivity index (χ0v) is 11.6. The van der Waals surface area contributed by atoms with Gasteiger partial charge in [0.2, 0.25) is 0 Å². The third-order valence-corrected chi connectivity index (χ3v) is 3.54. The van der Waals surface area contributed by atoms with E-state index >= 15 is 0 Å². The van der Waals surface area contributed by atoms with Crippen LogP contribution in [-0.4, -0.2) is 7.11 Å². The molecule has 0 aliphatic rings. The van der Waals surface area contributed by atoms with Crippen LogP contribution in [0.4, 0.5) is 0 Å². The lowest BCUT2D eigenvalue weighted by atomic mass is 10.0. The Morgan fingerprint density at radius 1 is 1.15 bits per heavy atom. The molecule has 2 aromatic carbocycles. The van der Waals surface area contributed by atoms with E-state index in [0.29, 0.717) is 6.54 Å². The molecular weight excluding hydrogens is 250 g/mol. The molecule has 3 heteroatoms. The molecule has 0 amide bonds. The van der Waals surface area contributed by atoms with Crippen molar-refractivity contribution in [3.05, 3.63) is 53.6 Å². The standard InChI is InChI=1S/C17H17NO2/c1-11-4-3-5-12-9-16(20-17(11)12)15-7-6-14(19-2)8-13(15)10-18/h3-9H,10,18H2,1-2H3. The topological polar surface area (TPSA) is 48.4 Å². The summed E-state index contributed by atoms with van der Waals surface area (Å²) < 4.78 is 11.2. The Morgan fingerprint density at radius 2 is 2.00 bits per heavy atom. The number of methoxy groups -OCH3 is 1. The maximum Gasteiger partial charge on any atom is 0.137 e. The van der Waals surface area contributed by atoms with Gasteiger partial charge in [0, 0.05) is 17.5 Å². The van der Waals surface area contributed by atoms with E-state index in [-0.39, 0.29) is 0 Å². The number of benzene rings is 2. The van der Waals surface area contributed by atoms with Crippen molar-refractivity contribution >= 4 is 11.0 Å². The molecule has 0 saturated carbocycles. The zero-order valence-electron chi connectivity index (χ0n) is 11.6. The summed E-state index contributed by atoms with van der Waals surface area (Å²) in [7, 11) is 1.65. The molecule has 0 aliphatic carbocycles. The van der Waals surface area contributed by atoms with Crippen molar-refractivity contribution in [2.24, 2.45) is 5.73 Å². The maximum absolute atomic E-state index is 6.00. The quantitative estimate of drug-likeness (QED) is 0.783. The molecule has 20 heavy (non-hydrogen) atoms. The summed E-state index contributed by atoms with van der Waals surface area (Å²) in [5, 5.41) is 1.11. The van der Waals surface area contributed by atoms with Crippen molar-refractivity contribution < 1.29 is 9.15 Å². The van der Waals surface area contributed by atoms with Crippen LogP contribution >= 0.6 is 0 Å². The van der Waals surface area contributed by atoms with Gasteiger partial charge >= 0.3 is 0 Å². The number of para-hydroxylation sites is 1. The summed E-state index contributed by atoms with van der Waals surface area (Å²) in [6.45, 7) is 2.50. The summed E-state index contributed by atoms with van der Waals surface area (Å²) in [5.41, 5.74) is 9.94. The van der Waals surface area contributed by atoms with E-state index in [2.05, 4.69) is 12.1 Å². The van der Waals surface area contributed by atoms with Gasteiger partial charge in [-0.15, -0.1) is 0 Å². The first-order valence-corrected chi connectivity index (χ1v) is 6.59. The summed E-state index contributed by atoms with van der Waals surface area (Å²) in [6.07, 6.45) is 0. The van der Waals surface area contributed by atoms with Crippen LogP contribution in [0.25, 0.3) is 22.3 Å². The zero-order chi connectivity index (χ0) is 14.1. The van der Waals surface area contributed by atoms with Gasteiger partial charge in [0.1, 0.15) is 17.1 Å². The SMILES string of the molecule is COc1ccc(-c2cc3cccc(C)c3o2)c(CN)c1. The Hall–Kier alpha value is -2.26. The first kappa shape index (κ1) is 12.8. The fraction of sp³-hybridized carbons (Fsp3) is 0.176. The largest absolute Gasteiger partial charge is 0.497 e. The van der Waals surface area contributed by atoms with Gasteiger partial charge in [-0.25, -0.2) is 0 Å². The van der Waals surface area contributed by atoms with Gasteiger partial charge in [-0.2, -0.15) is 0 Å². The number of ether oxygens (including phenoxy) is 1. The third kappa shape index (κ3) is 2.06. The highest BCUT2D eigenvalue weighted by Crippen LogP contribution is 2.33. The van der Waals surface area contributed by atoms with Gasteiger partial charge in [-0.3, -0.25) is 0 Å². The molecule has 1 aromatic heterocycles. The lowest BCUT2D eigenvalue weighted by molar-refractivity contribution is 0.414. The van der Waals surface area contributed by atoms with E-state index < -0.39 is 0 Å². The second kappa shape index (κ2) is 5.02. The van der Waals surface area contributed by atoms with Gasteiger partial charge in [0.15, 0.2) is 0 Å². The first-order valence-electron chi connectivity index (χ1n) is 6.59. The molecule has 0 saturated heterocycles. The molecule has 0 unspecified atom stereocenters. The number of hydrogen-bond donors (Lipinski definition) is 1. The minimum absolute atomic E-state index is 0.447. The molecule has 0 fully saturated rings. The minimum atomic E-state index is 0.447. The van der Waals surface area contributed by atoms with Crippen molar-refractivity contribution in [3.63, 3.8) is 0 Å². The van der Waals surface area contributed by atoms with E-state index in [1.807, 2.05) is 37.3 Å². The second-order valence-corrected chi connectivity index (χ2v) is 4.83. The van der Waals surface area contributed by atoms with Crippen LogP contribution in [0.15, 0.2) is 46.9 Å². The number of fused-ring (bicyclic) bond motifs is 1. The molecule has 0 radical (unpaired) electrons. The van der Waals surface area contributed by atoms with Crippen molar-refractivity contribution in [2.45, 2.75) is 13.5 Å². The highest BCUT2D eigenvalue weighted by Gasteiger charge is 2.11. The first-order chi connectivity index (χ1) is 9.72. The van der Waals surface area contributed by atoms with Gasteiger partial charge < -0.3 is 14.9 Å². The molecule has 0 bridgehead atoms. The molecular formula is C17H17NO2. The summed E-state index contributed by atoms with van der Waals surface area (Å²) >= 11 is 0. The Bertz CT molecular complexity index is 759. The molecule has 0 atom stereocenters. The monoisotopic (exact) mass is 267 g/mol. The van der Waals surface area contributed by atoms with E-state index in [4.69, 9.17) is 14.9 Å². The molecule has 3 nitrogen and oxygen atoms in total. The Labute approximate surface area is 118 Å². The molecule has 0 aliphatic heterocycles. The minimum Gasteiger partial charge on any atom is -0.497 e. The number of aryl methyl sites for hydroxylation is 1. The van der Waals surface area contributed by atoms with Crippen LogP contribution in [0.1, 0.15) is 11.1 Å². The van der Waals surface area contributed by atoms with Crippen LogP contribution in [-0.2, 0) is 6.54 Å². The molecule has 0 spiro atoms. The molecule has 2 N–H and O–H groups in total. The highest BCUT2D eigenvalue weighted by molar-refractivity contribution is 5.85. The van der Waals surface area contributed by atoms with Crippen molar-refractivity contribution in [1.82, 2.24) is 0 Å². The normalized spacial score (nSPS) is 10.9. The van der Waals surface area contributed by atoms with Gasteiger partial charge in [0.05, 0.1) is 7.11 Å². The van der Waals surface area contributed by atoms with Gasteiger partial charge in [-0.05, 0) is 42.3 Å². The number of furan rings is 1. The van der Waals surface area contributed by atoms with Crippen molar-refractivity contribution in [2.75, 3.05) is 7.11 Å². The maximum atomic E-state index is 6.00. The van der Waals surface area contributed by atoms with Crippen LogP contribution in [0.2, 0.25) is 0 Å². The van der Waals surface area contributed by atoms with Crippen LogP contribution in [0, 0.1) is 6.92 Å². The molecule has 3 aromatic rings. The average Bonchev–Trinajstić information content (AvgIpc) is 2.92. The summed E-state index contributed by atoms with van der Waals surface area (Å²) in [6, 6.07) is 14.1. The van der Waals surface area contributed by atoms with Gasteiger partial charge in [-0.1, -0.05) is 18.2 Å². The second-order valence-electron chi connectivity index (χ2n) is 4.83. The van der Waals surface area contributed by atoms with E-state index in [1.165, 1.54) is 0 Å². The molecule has 102 valence electrons. The Balaban J connectivity index is 2.17. The molecule has 3 rings (SSSR count). The Kier molecular flexibility index (Phi) is 3.20.